The van der Waals surface area contributed by atoms with Gasteiger partial charge in [0.15, 0.2) is 0 Å². The fraction of sp³-hybridized carbons (Fsp3) is 0.571. The van der Waals surface area contributed by atoms with Crippen LogP contribution in [0.3, 0.4) is 0 Å². The highest BCUT2D eigenvalue weighted by Crippen LogP contribution is 2.26. The van der Waals surface area contributed by atoms with Crippen LogP contribution in [-0.2, 0) is 0 Å². The minimum absolute atomic E-state index is 0.118. The molecule has 1 saturated carbocycles. The number of aliphatic hydroxyl groups excluding tert-OH is 1. The van der Waals surface area contributed by atoms with Crippen molar-refractivity contribution < 1.29 is 9.50 Å². The Hall–Kier alpha value is -0.450. The van der Waals surface area contributed by atoms with Crippen LogP contribution in [0.2, 0.25) is 0 Å². The molecule has 3 atom stereocenters. The maximum absolute atomic E-state index is 13.1. The van der Waals surface area contributed by atoms with E-state index in [2.05, 4.69) is 28.2 Å². The molecule has 4 heteroatoms. The van der Waals surface area contributed by atoms with Gasteiger partial charge in [-0.2, -0.15) is 0 Å². The molecule has 0 radical (unpaired) electrons. The second-order valence-electron chi connectivity index (χ2n) is 5.14. The van der Waals surface area contributed by atoms with E-state index in [0.717, 1.165) is 31.4 Å². The molecule has 0 spiro atoms. The Morgan fingerprint density at radius 2 is 2.28 bits per heavy atom. The van der Waals surface area contributed by atoms with E-state index in [1.807, 2.05) is 6.07 Å². The van der Waals surface area contributed by atoms with E-state index < -0.39 is 0 Å². The van der Waals surface area contributed by atoms with Crippen molar-refractivity contribution in [2.45, 2.75) is 38.3 Å². The van der Waals surface area contributed by atoms with Gasteiger partial charge in [-0.1, -0.05) is 6.07 Å². The molecule has 1 aliphatic rings. The van der Waals surface area contributed by atoms with Gasteiger partial charge >= 0.3 is 0 Å². The molecule has 1 aromatic rings. The molecule has 2 rings (SSSR count). The first-order valence-corrected chi connectivity index (χ1v) is 7.22. The Kier molecular flexibility index (Phi) is 4.76. The van der Waals surface area contributed by atoms with Crippen LogP contribution < -0.4 is 5.32 Å². The Morgan fingerprint density at radius 3 is 2.89 bits per heavy atom. The van der Waals surface area contributed by atoms with Crippen molar-refractivity contribution in [3.05, 3.63) is 34.1 Å². The molecule has 0 saturated heterocycles. The summed E-state index contributed by atoms with van der Waals surface area (Å²) in [5, 5.41) is 12.9. The largest absolute Gasteiger partial charge is 0.393 e. The molecule has 0 aliphatic heterocycles. The molecule has 0 bridgehead atoms. The first-order chi connectivity index (χ1) is 8.56. The van der Waals surface area contributed by atoms with Crippen molar-refractivity contribution in [2.24, 2.45) is 5.92 Å². The lowest BCUT2D eigenvalue weighted by atomic mass is 10.1. The van der Waals surface area contributed by atoms with Crippen molar-refractivity contribution in [3.63, 3.8) is 0 Å². The standard InChI is InChI=1S/C14H19BrFNO/c1-9(11-3-5-14(16)13(15)7-11)17-8-10-2-4-12(18)6-10/h3,5,7,9-10,12,17-18H,2,4,6,8H2,1H3. The van der Waals surface area contributed by atoms with E-state index in [-0.39, 0.29) is 18.0 Å². The highest BCUT2D eigenvalue weighted by atomic mass is 79.9. The van der Waals surface area contributed by atoms with E-state index in [0.29, 0.717) is 10.4 Å². The Balaban J connectivity index is 1.87. The van der Waals surface area contributed by atoms with Crippen molar-refractivity contribution in [1.82, 2.24) is 5.32 Å². The fourth-order valence-corrected chi connectivity index (χ4v) is 2.87. The van der Waals surface area contributed by atoms with Crippen LogP contribution in [0.5, 0.6) is 0 Å². The first kappa shape index (κ1) is 14.0. The summed E-state index contributed by atoms with van der Waals surface area (Å²) in [6.07, 6.45) is 2.79. The second kappa shape index (κ2) is 6.13. The van der Waals surface area contributed by atoms with Gasteiger partial charge in [0.05, 0.1) is 10.6 Å². The van der Waals surface area contributed by atoms with E-state index in [1.165, 1.54) is 6.07 Å². The third-order valence-corrected chi connectivity index (χ3v) is 4.28. The van der Waals surface area contributed by atoms with E-state index >= 15 is 0 Å². The van der Waals surface area contributed by atoms with Gasteiger partial charge < -0.3 is 10.4 Å². The van der Waals surface area contributed by atoms with Gasteiger partial charge in [0, 0.05) is 6.04 Å². The van der Waals surface area contributed by atoms with Crippen molar-refractivity contribution in [2.75, 3.05) is 6.54 Å². The predicted octanol–water partition coefficient (Wildman–Crippen LogP) is 3.40. The van der Waals surface area contributed by atoms with Crippen molar-refractivity contribution in [1.29, 1.82) is 0 Å². The molecule has 2 nitrogen and oxygen atoms in total. The van der Waals surface area contributed by atoms with E-state index in [4.69, 9.17) is 0 Å². The summed E-state index contributed by atoms with van der Waals surface area (Å²) in [6, 6.07) is 5.30. The van der Waals surface area contributed by atoms with Crippen LogP contribution in [0.15, 0.2) is 22.7 Å². The van der Waals surface area contributed by atoms with Crippen LogP contribution in [0.1, 0.15) is 37.8 Å². The number of aliphatic hydroxyl groups is 1. The molecule has 100 valence electrons. The molecule has 3 unspecified atom stereocenters. The Labute approximate surface area is 116 Å². The van der Waals surface area contributed by atoms with Gasteiger partial charge in [-0.25, -0.2) is 4.39 Å². The van der Waals surface area contributed by atoms with E-state index in [1.54, 1.807) is 6.07 Å². The maximum Gasteiger partial charge on any atom is 0.137 e. The van der Waals surface area contributed by atoms with Crippen molar-refractivity contribution in [3.8, 4) is 0 Å². The molecule has 0 aromatic heterocycles. The molecule has 0 amide bonds. The normalized spacial score (nSPS) is 25.3. The molecule has 18 heavy (non-hydrogen) atoms. The predicted molar refractivity (Wildman–Crippen MR) is 73.9 cm³/mol. The van der Waals surface area contributed by atoms with Gasteiger partial charge in [0.25, 0.3) is 0 Å². The third-order valence-electron chi connectivity index (χ3n) is 3.67. The monoisotopic (exact) mass is 315 g/mol. The van der Waals surface area contributed by atoms with Gasteiger partial charge in [-0.15, -0.1) is 0 Å². The summed E-state index contributed by atoms with van der Waals surface area (Å²) in [4.78, 5) is 0. The average molecular weight is 316 g/mol. The SMILES string of the molecule is CC(NCC1CCC(O)C1)c1ccc(F)c(Br)c1. The average Bonchev–Trinajstić information content (AvgIpc) is 2.75. The number of nitrogens with one attached hydrogen (secondary N) is 1. The van der Waals surface area contributed by atoms with Gasteiger partial charge in [0.1, 0.15) is 5.82 Å². The number of hydrogen-bond donors (Lipinski definition) is 2. The van der Waals surface area contributed by atoms with Gasteiger partial charge in [-0.05, 0) is 72.3 Å². The molecular formula is C14H19BrFNO. The van der Waals surface area contributed by atoms with Gasteiger partial charge in [0.2, 0.25) is 0 Å². The number of hydrogen-bond acceptors (Lipinski definition) is 2. The molecule has 1 aliphatic carbocycles. The molecule has 1 fully saturated rings. The Morgan fingerprint density at radius 1 is 1.50 bits per heavy atom. The molecule has 1 aromatic carbocycles. The zero-order chi connectivity index (χ0) is 13.1. The summed E-state index contributed by atoms with van der Waals surface area (Å²) < 4.78 is 13.6. The lowest BCUT2D eigenvalue weighted by Gasteiger charge is -2.18. The molecule has 2 N–H and O–H groups in total. The van der Waals surface area contributed by atoms with E-state index in [9.17, 15) is 9.50 Å². The highest BCUT2D eigenvalue weighted by Gasteiger charge is 2.22. The zero-order valence-electron chi connectivity index (χ0n) is 10.5. The quantitative estimate of drug-likeness (QED) is 0.892. The highest BCUT2D eigenvalue weighted by molar-refractivity contribution is 9.10. The number of rotatable bonds is 4. The zero-order valence-corrected chi connectivity index (χ0v) is 12.1. The lowest BCUT2D eigenvalue weighted by Crippen LogP contribution is -2.25. The minimum atomic E-state index is -0.232. The van der Waals surface area contributed by atoms with Crippen molar-refractivity contribution >= 4 is 15.9 Å². The van der Waals surface area contributed by atoms with Crippen LogP contribution in [0.4, 0.5) is 4.39 Å². The lowest BCUT2D eigenvalue weighted by molar-refractivity contribution is 0.177. The first-order valence-electron chi connectivity index (χ1n) is 6.42. The summed E-state index contributed by atoms with van der Waals surface area (Å²) in [7, 11) is 0. The van der Waals surface area contributed by atoms with Crippen LogP contribution >= 0.6 is 15.9 Å². The summed E-state index contributed by atoms with van der Waals surface area (Å²) in [6.45, 7) is 2.98. The molecule has 0 heterocycles. The third kappa shape index (κ3) is 3.53. The minimum Gasteiger partial charge on any atom is -0.393 e. The molecular weight excluding hydrogens is 297 g/mol. The number of halogens is 2. The van der Waals surface area contributed by atoms with Crippen LogP contribution in [0, 0.1) is 11.7 Å². The van der Waals surface area contributed by atoms with Gasteiger partial charge in [-0.3, -0.25) is 0 Å². The topological polar surface area (TPSA) is 32.3 Å². The second-order valence-corrected chi connectivity index (χ2v) is 5.99. The number of benzene rings is 1. The summed E-state index contributed by atoms with van der Waals surface area (Å²) >= 11 is 3.20. The maximum atomic E-state index is 13.1. The summed E-state index contributed by atoms with van der Waals surface area (Å²) in [5.74, 6) is 0.330. The fourth-order valence-electron chi connectivity index (χ4n) is 2.48. The van der Waals surface area contributed by atoms with Crippen LogP contribution in [-0.4, -0.2) is 17.8 Å². The summed E-state index contributed by atoms with van der Waals surface area (Å²) in [5.41, 5.74) is 1.07. The van der Waals surface area contributed by atoms with Crippen LogP contribution in [0.25, 0.3) is 0 Å². The smallest absolute Gasteiger partial charge is 0.137 e. The Bertz CT molecular complexity index is 413.